The normalized spacial score (nSPS) is 12.9. The number of nitrogens with one attached hydrogen (secondary N) is 2. The molecule has 0 amide bonds. The van der Waals surface area contributed by atoms with Crippen LogP contribution >= 0.6 is 0 Å². The van der Waals surface area contributed by atoms with Crippen LogP contribution in [0.4, 0.5) is 4.39 Å². The average molecular weight is 290 g/mol. The highest BCUT2D eigenvalue weighted by Gasteiger charge is 2.15. The molecule has 0 aliphatic carbocycles. The molecule has 1 aromatic heterocycles. The van der Waals surface area contributed by atoms with Crippen LogP contribution in [0.2, 0.25) is 0 Å². The average Bonchev–Trinajstić information content (AvgIpc) is 2.74. The Labute approximate surface area is 125 Å². The van der Waals surface area contributed by atoms with Crippen LogP contribution in [0.15, 0.2) is 24.3 Å². The molecule has 4 nitrogen and oxygen atoms in total. The summed E-state index contributed by atoms with van der Waals surface area (Å²) in [6, 6.07) is 6.92. The molecule has 2 N–H and O–H groups in total. The molecule has 5 heteroatoms. The smallest absolute Gasteiger partial charge is 0.123 e. The minimum atomic E-state index is -0.194. The summed E-state index contributed by atoms with van der Waals surface area (Å²) in [6.45, 7) is 5.53. The van der Waals surface area contributed by atoms with Gasteiger partial charge < -0.3 is 10.2 Å². The lowest BCUT2D eigenvalue weighted by molar-refractivity contribution is 0.287. The number of aryl methyl sites for hydroxylation is 2. The van der Waals surface area contributed by atoms with E-state index in [1.54, 1.807) is 12.1 Å². The van der Waals surface area contributed by atoms with E-state index in [-0.39, 0.29) is 11.9 Å². The zero-order chi connectivity index (χ0) is 15.4. The van der Waals surface area contributed by atoms with Gasteiger partial charge >= 0.3 is 0 Å². The molecule has 0 saturated carbocycles. The predicted octanol–water partition coefficient (Wildman–Crippen LogP) is 2.56. The van der Waals surface area contributed by atoms with Crippen molar-refractivity contribution in [3.8, 4) is 0 Å². The fourth-order valence-corrected chi connectivity index (χ4v) is 2.48. The fraction of sp³-hybridized carbons (Fsp3) is 0.438. The van der Waals surface area contributed by atoms with Crippen molar-refractivity contribution < 1.29 is 4.39 Å². The van der Waals surface area contributed by atoms with Crippen LogP contribution in [0.1, 0.15) is 28.6 Å². The fourth-order valence-electron chi connectivity index (χ4n) is 2.48. The first-order valence-corrected chi connectivity index (χ1v) is 7.12. The van der Waals surface area contributed by atoms with Gasteiger partial charge in [-0.15, -0.1) is 0 Å². The van der Waals surface area contributed by atoms with Gasteiger partial charge in [0.2, 0.25) is 0 Å². The lowest BCUT2D eigenvalue weighted by atomic mass is 10.1. The molecule has 0 saturated heterocycles. The van der Waals surface area contributed by atoms with Crippen LogP contribution < -0.4 is 5.32 Å². The van der Waals surface area contributed by atoms with E-state index in [2.05, 4.69) is 20.4 Å². The van der Waals surface area contributed by atoms with Gasteiger partial charge in [-0.2, -0.15) is 5.10 Å². The second-order valence-electron chi connectivity index (χ2n) is 5.58. The maximum Gasteiger partial charge on any atom is 0.123 e. The molecule has 2 rings (SSSR count). The monoisotopic (exact) mass is 290 g/mol. The number of aromatic amines is 1. The predicted molar refractivity (Wildman–Crippen MR) is 82.6 cm³/mol. The Bertz CT molecular complexity index is 572. The molecule has 0 bridgehead atoms. The second-order valence-corrected chi connectivity index (χ2v) is 5.58. The highest BCUT2D eigenvalue weighted by Crippen LogP contribution is 2.18. The Kier molecular flexibility index (Phi) is 5.09. The van der Waals surface area contributed by atoms with E-state index in [1.807, 2.05) is 34.0 Å². The van der Waals surface area contributed by atoms with E-state index in [0.717, 1.165) is 30.0 Å². The van der Waals surface area contributed by atoms with E-state index < -0.39 is 0 Å². The van der Waals surface area contributed by atoms with E-state index in [0.29, 0.717) is 0 Å². The molecule has 0 fully saturated rings. The summed E-state index contributed by atoms with van der Waals surface area (Å²) in [6.07, 6.45) is 0. The standard InChI is InChI=1S/C16H23FN4/c1-11-15(12(2)20-19-11)9-18-10-16(21(3)4)13-6-5-7-14(17)8-13/h5-8,16,18H,9-10H2,1-4H3,(H,19,20). The summed E-state index contributed by atoms with van der Waals surface area (Å²) >= 11 is 0. The van der Waals surface area contributed by atoms with Gasteiger partial charge in [0.1, 0.15) is 5.82 Å². The number of hydrogen-bond donors (Lipinski definition) is 2. The van der Waals surface area contributed by atoms with Crippen molar-refractivity contribution in [2.24, 2.45) is 0 Å². The van der Waals surface area contributed by atoms with Gasteiger partial charge in [-0.25, -0.2) is 4.39 Å². The molecule has 114 valence electrons. The van der Waals surface area contributed by atoms with Gasteiger partial charge in [0.15, 0.2) is 0 Å². The zero-order valence-electron chi connectivity index (χ0n) is 13.1. The van der Waals surface area contributed by atoms with Gasteiger partial charge in [0.25, 0.3) is 0 Å². The minimum Gasteiger partial charge on any atom is -0.311 e. The third kappa shape index (κ3) is 3.89. The number of halogens is 1. The SMILES string of the molecule is Cc1n[nH]c(C)c1CNCC(c1cccc(F)c1)N(C)C. The first kappa shape index (κ1) is 15.7. The van der Waals surface area contributed by atoms with Crippen LogP contribution in [-0.4, -0.2) is 35.7 Å². The number of aromatic nitrogens is 2. The first-order valence-electron chi connectivity index (χ1n) is 7.12. The van der Waals surface area contributed by atoms with Crippen LogP contribution in [0.5, 0.6) is 0 Å². The van der Waals surface area contributed by atoms with Crippen molar-refractivity contribution in [2.75, 3.05) is 20.6 Å². The Morgan fingerprint density at radius 3 is 2.67 bits per heavy atom. The minimum absolute atomic E-state index is 0.133. The summed E-state index contributed by atoms with van der Waals surface area (Å²) in [5.41, 5.74) is 4.29. The Balaban J connectivity index is 2.01. The van der Waals surface area contributed by atoms with Crippen LogP contribution in [0.25, 0.3) is 0 Å². The van der Waals surface area contributed by atoms with Gasteiger partial charge in [-0.05, 0) is 45.6 Å². The maximum absolute atomic E-state index is 13.4. The Morgan fingerprint density at radius 1 is 1.33 bits per heavy atom. The maximum atomic E-state index is 13.4. The van der Waals surface area contributed by atoms with Gasteiger partial charge in [0, 0.05) is 30.4 Å². The summed E-state index contributed by atoms with van der Waals surface area (Å²) < 4.78 is 13.4. The van der Waals surface area contributed by atoms with Crippen molar-refractivity contribution in [1.82, 2.24) is 20.4 Å². The number of rotatable bonds is 6. The third-order valence-corrected chi connectivity index (χ3v) is 3.78. The zero-order valence-corrected chi connectivity index (χ0v) is 13.1. The topological polar surface area (TPSA) is 44.0 Å². The molecule has 0 spiro atoms. The lowest BCUT2D eigenvalue weighted by Gasteiger charge is -2.25. The molecule has 2 aromatic rings. The largest absolute Gasteiger partial charge is 0.311 e. The van der Waals surface area contributed by atoms with E-state index >= 15 is 0 Å². The summed E-state index contributed by atoms with van der Waals surface area (Å²) in [4.78, 5) is 2.09. The second kappa shape index (κ2) is 6.83. The molecule has 0 aliphatic heterocycles. The highest BCUT2D eigenvalue weighted by molar-refractivity contribution is 5.23. The van der Waals surface area contributed by atoms with Gasteiger partial charge in [0.05, 0.1) is 5.69 Å². The molecular formula is C16H23FN4. The molecule has 0 aliphatic rings. The first-order chi connectivity index (χ1) is 9.99. The Hall–Kier alpha value is -1.72. The number of likely N-dealkylation sites (N-methyl/N-ethyl adjacent to an activating group) is 1. The van der Waals surface area contributed by atoms with Gasteiger partial charge in [-0.1, -0.05) is 12.1 Å². The number of H-pyrrole nitrogens is 1. The van der Waals surface area contributed by atoms with Crippen molar-refractivity contribution in [1.29, 1.82) is 0 Å². The van der Waals surface area contributed by atoms with Crippen molar-refractivity contribution in [3.63, 3.8) is 0 Å². The molecular weight excluding hydrogens is 267 g/mol. The third-order valence-electron chi connectivity index (χ3n) is 3.78. The molecule has 0 radical (unpaired) electrons. The van der Waals surface area contributed by atoms with Crippen LogP contribution in [0.3, 0.4) is 0 Å². The number of hydrogen-bond acceptors (Lipinski definition) is 3. The molecule has 21 heavy (non-hydrogen) atoms. The molecule has 1 heterocycles. The summed E-state index contributed by atoms with van der Waals surface area (Å²) in [5.74, 6) is -0.194. The lowest BCUT2D eigenvalue weighted by Crippen LogP contribution is -2.31. The Morgan fingerprint density at radius 2 is 2.10 bits per heavy atom. The van der Waals surface area contributed by atoms with Crippen LogP contribution in [0, 0.1) is 19.7 Å². The van der Waals surface area contributed by atoms with Crippen molar-refractivity contribution in [2.45, 2.75) is 26.4 Å². The highest BCUT2D eigenvalue weighted by atomic mass is 19.1. The quantitative estimate of drug-likeness (QED) is 0.859. The number of nitrogens with zero attached hydrogens (tertiary/aromatic N) is 2. The summed E-state index contributed by atoms with van der Waals surface area (Å²) in [5, 5.41) is 10.6. The van der Waals surface area contributed by atoms with Crippen molar-refractivity contribution in [3.05, 3.63) is 52.6 Å². The van der Waals surface area contributed by atoms with E-state index in [9.17, 15) is 4.39 Å². The van der Waals surface area contributed by atoms with E-state index in [4.69, 9.17) is 0 Å². The molecule has 1 unspecified atom stereocenters. The van der Waals surface area contributed by atoms with E-state index in [1.165, 1.54) is 11.6 Å². The molecule has 1 aromatic carbocycles. The number of benzene rings is 1. The summed E-state index contributed by atoms with van der Waals surface area (Å²) in [7, 11) is 4.01. The van der Waals surface area contributed by atoms with Gasteiger partial charge in [-0.3, -0.25) is 5.10 Å². The van der Waals surface area contributed by atoms with Crippen LogP contribution in [-0.2, 0) is 6.54 Å². The molecule has 1 atom stereocenters. The van der Waals surface area contributed by atoms with Crippen molar-refractivity contribution >= 4 is 0 Å².